The van der Waals surface area contributed by atoms with E-state index >= 15 is 0 Å². The number of fused-ring (bicyclic) bond motifs is 1. The Morgan fingerprint density at radius 1 is 1.16 bits per heavy atom. The molecule has 1 N–H and O–H groups in total. The van der Waals surface area contributed by atoms with Crippen LogP contribution in [0.3, 0.4) is 0 Å². The van der Waals surface area contributed by atoms with Gasteiger partial charge in [0.2, 0.25) is 0 Å². The summed E-state index contributed by atoms with van der Waals surface area (Å²) in [5.74, 6) is -3.33. The minimum absolute atomic E-state index is 0.119. The number of carbonyl (C=O) groups is 2. The molecule has 0 saturated carbocycles. The van der Waals surface area contributed by atoms with Gasteiger partial charge in [-0.1, -0.05) is 11.2 Å². The lowest BCUT2D eigenvalue weighted by Crippen LogP contribution is -2.44. The lowest BCUT2D eigenvalue weighted by molar-refractivity contribution is 0.0950. The van der Waals surface area contributed by atoms with Crippen LogP contribution < -0.4 is 10.2 Å². The molecule has 1 aromatic heterocycles. The van der Waals surface area contributed by atoms with Crippen LogP contribution in [0.1, 0.15) is 32.9 Å². The quantitative estimate of drug-likeness (QED) is 0.648. The maximum atomic E-state index is 13.8. The molecular weight excluding hydrogens is 425 g/mol. The first-order chi connectivity index (χ1) is 15.2. The second-order valence-electron chi connectivity index (χ2n) is 7.53. The van der Waals surface area contributed by atoms with Gasteiger partial charge >= 0.3 is 6.03 Å². The van der Waals surface area contributed by atoms with E-state index < -0.39 is 35.5 Å². The van der Waals surface area contributed by atoms with Gasteiger partial charge in [-0.2, -0.15) is 0 Å². The number of hydrogen-bond acceptors (Lipinski definition) is 4. The molecule has 4 rings (SSSR count). The maximum Gasteiger partial charge on any atom is 0.324 e. The van der Waals surface area contributed by atoms with Crippen molar-refractivity contribution in [2.75, 3.05) is 11.9 Å². The van der Waals surface area contributed by atoms with Gasteiger partial charge in [0.25, 0.3) is 5.91 Å². The van der Waals surface area contributed by atoms with Crippen LogP contribution in [0.2, 0.25) is 0 Å². The largest absolute Gasteiger partial charge is 0.359 e. The molecule has 0 unspecified atom stereocenters. The van der Waals surface area contributed by atoms with E-state index in [1.165, 1.54) is 15.9 Å². The van der Waals surface area contributed by atoms with Crippen LogP contribution in [0.15, 0.2) is 40.9 Å². The number of nitrogens with zero attached hydrogens (tertiary/aromatic N) is 3. The second kappa shape index (κ2) is 8.37. The molecule has 0 spiro atoms. The molecule has 3 aromatic rings. The zero-order chi connectivity index (χ0) is 23.0. The van der Waals surface area contributed by atoms with E-state index in [9.17, 15) is 22.8 Å². The fraction of sp³-hybridized carbons (Fsp3) is 0.227. The van der Waals surface area contributed by atoms with Crippen LogP contribution in [0.4, 0.5) is 23.7 Å². The highest BCUT2D eigenvalue weighted by Crippen LogP contribution is 2.31. The first kappa shape index (κ1) is 21.4. The first-order valence-corrected chi connectivity index (χ1v) is 9.72. The molecule has 2 aromatic carbocycles. The van der Waals surface area contributed by atoms with Gasteiger partial charge in [-0.05, 0) is 24.6 Å². The van der Waals surface area contributed by atoms with Gasteiger partial charge in [-0.25, -0.2) is 18.0 Å². The van der Waals surface area contributed by atoms with Crippen LogP contribution in [0, 0.1) is 24.4 Å². The van der Waals surface area contributed by atoms with E-state index in [1.54, 1.807) is 32.2 Å². The molecule has 0 saturated heterocycles. The van der Waals surface area contributed by atoms with Crippen LogP contribution in [-0.2, 0) is 19.6 Å². The standard InChI is InChI=1S/C22H19F3N4O3/c1-12-5-16(32-27-12)11-29-20-6-13(3-4-14(20)10-28(2)22(29)31)21(30)26-9-17-18(24)7-15(23)8-19(17)25/h3-8H,9-11H2,1-2H3,(H,26,30). The van der Waals surface area contributed by atoms with Crippen LogP contribution in [0.5, 0.6) is 0 Å². The number of hydrogen-bond donors (Lipinski definition) is 1. The Kier molecular flexibility index (Phi) is 5.60. The Morgan fingerprint density at radius 2 is 1.88 bits per heavy atom. The van der Waals surface area contributed by atoms with Crippen LogP contribution >= 0.6 is 0 Å². The Hall–Kier alpha value is -3.82. The van der Waals surface area contributed by atoms with Crippen molar-refractivity contribution in [1.29, 1.82) is 0 Å². The summed E-state index contributed by atoms with van der Waals surface area (Å²) in [4.78, 5) is 28.4. The molecule has 7 nitrogen and oxygen atoms in total. The first-order valence-electron chi connectivity index (χ1n) is 9.72. The lowest BCUT2D eigenvalue weighted by atomic mass is 10.0. The van der Waals surface area contributed by atoms with Gasteiger partial charge in [-0.15, -0.1) is 0 Å². The Morgan fingerprint density at radius 3 is 2.53 bits per heavy atom. The van der Waals surface area contributed by atoms with E-state index in [-0.39, 0.29) is 18.1 Å². The molecule has 166 valence electrons. The third-order valence-corrected chi connectivity index (χ3v) is 5.13. The number of nitrogens with one attached hydrogen (secondary N) is 1. The average Bonchev–Trinajstić information content (AvgIpc) is 3.15. The number of carbonyl (C=O) groups excluding carboxylic acids is 2. The summed E-state index contributed by atoms with van der Waals surface area (Å²) in [6.07, 6.45) is 0. The van der Waals surface area contributed by atoms with E-state index in [1.807, 2.05) is 0 Å². The average molecular weight is 444 g/mol. The normalized spacial score (nSPS) is 13.3. The van der Waals surface area contributed by atoms with Crippen LogP contribution in [-0.4, -0.2) is 29.0 Å². The van der Waals surface area contributed by atoms with Crippen molar-refractivity contribution < 1.29 is 27.3 Å². The highest BCUT2D eigenvalue weighted by atomic mass is 19.1. The number of aromatic nitrogens is 1. The molecule has 0 fully saturated rings. The molecule has 10 heteroatoms. The number of halogens is 3. The summed E-state index contributed by atoms with van der Waals surface area (Å²) in [5.41, 5.74) is 1.76. The summed E-state index contributed by atoms with van der Waals surface area (Å²) in [6.45, 7) is 1.78. The summed E-state index contributed by atoms with van der Waals surface area (Å²) >= 11 is 0. The molecule has 1 aliphatic rings. The number of rotatable bonds is 5. The molecule has 0 bridgehead atoms. The second-order valence-corrected chi connectivity index (χ2v) is 7.53. The predicted octanol–water partition coefficient (Wildman–Crippen LogP) is 3.90. The monoisotopic (exact) mass is 444 g/mol. The Bertz CT molecular complexity index is 1190. The third kappa shape index (κ3) is 4.16. The van der Waals surface area contributed by atoms with Crippen molar-refractivity contribution in [2.24, 2.45) is 0 Å². The van der Waals surface area contributed by atoms with Crippen molar-refractivity contribution in [1.82, 2.24) is 15.4 Å². The molecule has 0 aliphatic carbocycles. The number of urea groups is 1. The number of benzene rings is 2. The van der Waals surface area contributed by atoms with Gasteiger partial charge in [0, 0.05) is 49.5 Å². The van der Waals surface area contributed by atoms with E-state index in [4.69, 9.17) is 4.52 Å². The SMILES string of the molecule is Cc1cc(CN2C(=O)N(C)Cc3ccc(C(=O)NCc4c(F)cc(F)cc4F)cc32)on1. The lowest BCUT2D eigenvalue weighted by Gasteiger charge is -2.34. The summed E-state index contributed by atoms with van der Waals surface area (Å²) in [5, 5.41) is 6.25. The fourth-order valence-electron chi connectivity index (χ4n) is 3.53. The minimum Gasteiger partial charge on any atom is -0.359 e. The third-order valence-electron chi connectivity index (χ3n) is 5.13. The van der Waals surface area contributed by atoms with Crippen molar-refractivity contribution in [3.63, 3.8) is 0 Å². The molecular formula is C22H19F3N4O3. The predicted molar refractivity (Wildman–Crippen MR) is 108 cm³/mol. The van der Waals surface area contributed by atoms with Crippen molar-refractivity contribution >= 4 is 17.6 Å². The zero-order valence-electron chi connectivity index (χ0n) is 17.3. The topological polar surface area (TPSA) is 78.7 Å². The molecule has 0 radical (unpaired) electrons. The van der Waals surface area contributed by atoms with Gasteiger partial charge in [0.05, 0.1) is 17.9 Å². The number of amides is 3. The Labute approximate surface area is 181 Å². The molecule has 2 heterocycles. The summed E-state index contributed by atoms with van der Waals surface area (Å²) < 4.78 is 46.0. The molecule has 32 heavy (non-hydrogen) atoms. The highest BCUT2D eigenvalue weighted by molar-refractivity contribution is 5.99. The van der Waals surface area contributed by atoms with E-state index in [0.717, 1.165) is 5.56 Å². The minimum atomic E-state index is -1.09. The van der Waals surface area contributed by atoms with Gasteiger partial charge < -0.3 is 14.7 Å². The summed E-state index contributed by atoms with van der Waals surface area (Å²) in [7, 11) is 1.66. The molecule has 0 atom stereocenters. The number of aryl methyl sites for hydroxylation is 1. The summed E-state index contributed by atoms with van der Waals surface area (Å²) in [6, 6.07) is 7.35. The fourth-order valence-corrected chi connectivity index (χ4v) is 3.53. The smallest absolute Gasteiger partial charge is 0.324 e. The molecule has 3 amide bonds. The highest BCUT2D eigenvalue weighted by Gasteiger charge is 2.30. The van der Waals surface area contributed by atoms with E-state index in [0.29, 0.717) is 35.8 Å². The van der Waals surface area contributed by atoms with E-state index in [2.05, 4.69) is 10.5 Å². The zero-order valence-corrected chi connectivity index (χ0v) is 17.3. The van der Waals surface area contributed by atoms with Crippen LogP contribution in [0.25, 0.3) is 0 Å². The van der Waals surface area contributed by atoms with Gasteiger partial charge in [-0.3, -0.25) is 9.69 Å². The Balaban J connectivity index is 1.58. The van der Waals surface area contributed by atoms with Crippen molar-refractivity contribution in [2.45, 2.75) is 26.6 Å². The molecule has 1 aliphatic heterocycles. The van der Waals surface area contributed by atoms with Gasteiger partial charge in [0.1, 0.15) is 17.5 Å². The maximum absolute atomic E-state index is 13.8. The van der Waals surface area contributed by atoms with Gasteiger partial charge in [0.15, 0.2) is 5.76 Å². The van der Waals surface area contributed by atoms with Crippen molar-refractivity contribution in [3.8, 4) is 0 Å². The van der Waals surface area contributed by atoms with Crippen molar-refractivity contribution in [3.05, 3.63) is 82.0 Å². The number of anilines is 1.